The van der Waals surface area contributed by atoms with Crippen molar-refractivity contribution >= 4 is 5.69 Å². The van der Waals surface area contributed by atoms with Crippen LogP contribution in [-0.4, -0.2) is 12.2 Å². The van der Waals surface area contributed by atoms with Gasteiger partial charge < -0.3 is 10.0 Å². The summed E-state index contributed by atoms with van der Waals surface area (Å²) in [4.78, 5) is 1.90. The molecule has 1 atom stereocenters. The van der Waals surface area contributed by atoms with E-state index in [-0.39, 0.29) is 11.6 Å². The van der Waals surface area contributed by atoms with Gasteiger partial charge >= 0.3 is 0 Å². The normalized spacial score (nSPS) is 12.2. The first-order valence-electron chi connectivity index (χ1n) is 6.40. The molecule has 0 unspecified atom stereocenters. The molecule has 0 aliphatic carbocycles. The van der Waals surface area contributed by atoms with Gasteiger partial charge in [0.1, 0.15) is 11.6 Å². The molecule has 4 heteroatoms. The van der Waals surface area contributed by atoms with Crippen LogP contribution in [0.2, 0.25) is 0 Å². The van der Waals surface area contributed by atoms with Crippen molar-refractivity contribution in [3.63, 3.8) is 0 Å². The number of hydrogen-bond acceptors (Lipinski definition) is 2. The third-order valence-corrected chi connectivity index (χ3v) is 3.18. The fraction of sp³-hybridized carbons (Fsp3) is 0.250. The third kappa shape index (κ3) is 3.33. The zero-order valence-electron chi connectivity index (χ0n) is 11.5. The lowest BCUT2D eigenvalue weighted by atomic mass is 10.1. The Morgan fingerprint density at radius 1 is 1.05 bits per heavy atom. The molecule has 20 heavy (non-hydrogen) atoms. The molecule has 2 nitrogen and oxygen atoms in total. The first-order chi connectivity index (χ1) is 9.47. The van der Waals surface area contributed by atoms with Crippen LogP contribution < -0.4 is 4.90 Å². The minimum Gasteiger partial charge on any atom is -0.389 e. The zero-order chi connectivity index (χ0) is 14.7. The second-order valence-electron chi connectivity index (χ2n) is 4.86. The van der Waals surface area contributed by atoms with E-state index in [1.165, 1.54) is 24.3 Å². The van der Waals surface area contributed by atoms with E-state index in [1.54, 1.807) is 25.1 Å². The maximum atomic E-state index is 13.3. The summed E-state index contributed by atoms with van der Waals surface area (Å²) in [6.07, 6.45) is -0.753. The molecule has 0 bridgehead atoms. The standard InChI is InChI=1S/C16H17F2NO/c1-11(20)15-9-14(18)7-8-16(15)19(2)10-12-3-5-13(17)6-4-12/h3-9,11,20H,10H2,1-2H3/t11-/m1/s1. The predicted molar refractivity (Wildman–Crippen MR) is 75.5 cm³/mol. The highest BCUT2D eigenvalue weighted by Crippen LogP contribution is 2.27. The van der Waals surface area contributed by atoms with Crippen LogP contribution in [0, 0.1) is 11.6 Å². The van der Waals surface area contributed by atoms with Crippen LogP contribution in [-0.2, 0) is 6.54 Å². The number of hydrogen-bond donors (Lipinski definition) is 1. The predicted octanol–water partition coefficient (Wildman–Crippen LogP) is 3.65. The van der Waals surface area contributed by atoms with Crippen molar-refractivity contribution in [1.82, 2.24) is 0 Å². The number of nitrogens with zero attached hydrogens (tertiary/aromatic N) is 1. The highest BCUT2D eigenvalue weighted by molar-refractivity contribution is 5.54. The van der Waals surface area contributed by atoms with Crippen LogP contribution in [0.4, 0.5) is 14.5 Å². The summed E-state index contributed by atoms with van der Waals surface area (Å²) in [5.41, 5.74) is 2.23. The van der Waals surface area contributed by atoms with E-state index in [2.05, 4.69) is 0 Å². The van der Waals surface area contributed by atoms with Gasteiger partial charge in [-0.05, 0) is 42.8 Å². The van der Waals surface area contributed by atoms with Crippen molar-refractivity contribution < 1.29 is 13.9 Å². The van der Waals surface area contributed by atoms with E-state index in [9.17, 15) is 13.9 Å². The first-order valence-corrected chi connectivity index (χ1v) is 6.40. The highest BCUT2D eigenvalue weighted by atomic mass is 19.1. The molecule has 0 aliphatic rings. The molecule has 0 saturated carbocycles. The Bertz CT molecular complexity index is 582. The smallest absolute Gasteiger partial charge is 0.123 e. The summed E-state index contributed by atoms with van der Waals surface area (Å²) in [7, 11) is 1.85. The number of aliphatic hydroxyl groups excluding tert-OH is 1. The van der Waals surface area contributed by atoms with Crippen molar-refractivity contribution in [2.24, 2.45) is 0 Å². The number of benzene rings is 2. The number of anilines is 1. The molecule has 0 radical (unpaired) electrons. The molecule has 2 rings (SSSR count). The van der Waals surface area contributed by atoms with Crippen LogP contribution in [0.5, 0.6) is 0 Å². The quantitative estimate of drug-likeness (QED) is 0.922. The maximum Gasteiger partial charge on any atom is 0.123 e. The Labute approximate surface area is 117 Å². The summed E-state index contributed by atoms with van der Waals surface area (Å²) >= 11 is 0. The average Bonchev–Trinajstić information content (AvgIpc) is 2.41. The Morgan fingerprint density at radius 3 is 2.25 bits per heavy atom. The van der Waals surface area contributed by atoms with E-state index in [0.717, 1.165) is 11.3 Å². The van der Waals surface area contributed by atoms with Gasteiger partial charge in [-0.25, -0.2) is 8.78 Å². The summed E-state index contributed by atoms with van der Waals surface area (Å²) < 4.78 is 26.1. The van der Waals surface area contributed by atoms with Gasteiger partial charge in [0.25, 0.3) is 0 Å². The molecule has 0 aromatic heterocycles. The number of aliphatic hydroxyl groups is 1. The summed E-state index contributed by atoms with van der Waals surface area (Å²) in [6.45, 7) is 2.15. The molecule has 1 N–H and O–H groups in total. The van der Waals surface area contributed by atoms with Gasteiger partial charge in [-0.3, -0.25) is 0 Å². The largest absolute Gasteiger partial charge is 0.389 e. The lowest BCUT2D eigenvalue weighted by Gasteiger charge is -2.24. The molecular formula is C16H17F2NO. The Hall–Kier alpha value is -1.94. The molecule has 0 spiro atoms. The van der Waals surface area contributed by atoms with Crippen LogP contribution in [0.3, 0.4) is 0 Å². The minimum absolute atomic E-state index is 0.275. The summed E-state index contributed by atoms with van der Waals surface area (Å²) in [5.74, 6) is -0.650. The van der Waals surface area contributed by atoms with E-state index in [1.807, 2.05) is 11.9 Å². The highest BCUT2D eigenvalue weighted by Gasteiger charge is 2.13. The van der Waals surface area contributed by atoms with Crippen molar-refractivity contribution in [3.05, 3.63) is 65.2 Å². The van der Waals surface area contributed by atoms with Crippen LogP contribution >= 0.6 is 0 Å². The molecular weight excluding hydrogens is 260 g/mol. The Balaban J connectivity index is 2.24. The minimum atomic E-state index is -0.753. The SMILES string of the molecule is C[C@@H](O)c1cc(F)ccc1N(C)Cc1ccc(F)cc1. The fourth-order valence-electron chi connectivity index (χ4n) is 2.16. The molecule has 2 aromatic rings. The van der Waals surface area contributed by atoms with Crippen LogP contribution in [0.25, 0.3) is 0 Å². The van der Waals surface area contributed by atoms with Crippen LogP contribution in [0.15, 0.2) is 42.5 Å². The van der Waals surface area contributed by atoms with E-state index in [4.69, 9.17) is 0 Å². The maximum absolute atomic E-state index is 13.3. The second-order valence-corrected chi connectivity index (χ2v) is 4.86. The van der Waals surface area contributed by atoms with Crippen LogP contribution in [0.1, 0.15) is 24.2 Å². The van der Waals surface area contributed by atoms with Gasteiger partial charge in [0, 0.05) is 24.8 Å². The van der Waals surface area contributed by atoms with E-state index >= 15 is 0 Å². The molecule has 106 valence electrons. The molecule has 0 heterocycles. The van der Waals surface area contributed by atoms with Crippen molar-refractivity contribution in [2.75, 3.05) is 11.9 Å². The zero-order valence-corrected chi connectivity index (χ0v) is 11.5. The van der Waals surface area contributed by atoms with Gasteiger partial charge in [-0.15, -0.1) is 0 Å². The summed E-state index contributed by atoms with van der Waals surface area (Å²) in [5, 5.41) is 9.74. The second kappa shape index (κ2) is 6.01. The lowest BCUT2D eigenvalue weighted by Crippen LogP contribution is -2.18. The van der Waals surface area contributed by atoms with Crippen molar-refractivity contribution in [3.8, 4) is 0 Å². The Morgan fingerprint density at radius 2 is 1.65 bits per heavy atom. The number of halogens is 2. The van der Waals surface area contributed by atoms with Gasteiger partial charge in [-0.2, -0.15) is 0 Å². The van der Waals surface area contributed by atoms with Crippen molar-refractivity contribution in [1.29, 1.82) is 0 Å². The number of rotatable bonds is 4. The third-order valence-electron chi connectivity index (χ3n) is 3.18. The van der Waals surface area contributed by atoms with Gasteiger partial charge in [-0.1, -0.05) is 12.1 Å². The molecule has 0 fully saturated rings. The topological polar surface area (TPSA) is 23.5 Å². The monoisotopic (exact) mass is 277 g/mol. The van der Waals surface area contributed by atoms with Crippen molar-refractivity contribution in [2.45, 2.75) is 19.6 Å². The first kappa shape index (κ1) is 14.5. The molecule has 2 aromatic carbocycles. The van der Waals surface area contributed by atoms with Gasteiger partial charge in [0.2, 0.25) is 0 Å². The van der Waals surface area contributed by atoms with E-state index < -0.39 is 6.10 Å². The molecule has 0 amide bonds. The average molecular weight is 277 g/mol. The van der Waals surface area contributed by atoms with Gasteiger partial charge in [0.05, 0.1) is 6.10 Å². The molecule has 0 saturated heterocycles. The van der Waals surface area contributed by atoms with E-state index in [0.29, 0.717) is 12.1 Å². The molecule has 0 aliphatic heterocycles. The van der Waals surface area contributed by atoms with Gasteiger partial charge in [0.15, 0.2) is 0 Å². The lowest BCUT2D eigenvalue weighted by molar-refractivity contribution is 0.199. The fourth-order valence-corrected chi connectivity index (χ4v) is 2.16. The Kier molecular flexibility index (Phi) is 4.35. The summed E-state index contributed by atoms with van der Waals surface area (Å²) in [6, 6.07) is 10.6.